The Labute approximate surface area is 105 Å². The molecule has 0 saturated carbocycles. The number of aromatic nitrogens is 2. The summed E-state index contributed by atoms with van der Waals surface area (Å²) >= 11 is 0. The van der Waals surface area contributed by atoms with Crippen molar-refractivity contribution >= 4 is 16.3 Å². The lowest BCUT2D eigenvalue weighted by molar-refractivity contribution is 0.121. The van der Waals surface area contributed by atoms with Crippen LogP contribution < -0.4 is 9.44 Å². The number of nitrogens with zero attached hydrogens (tertiary/aromatic N) is 1. The Hall–Kier alpha value is -1.61. The number of carbonyl (C=O) groups is 1. The second kappa shape index (κ2) is 5.83. The smallest absolute Gasteiger partial charge is 0.422 e. The average Bonchev–Trinajstić information content (AvgIpc) is 2.58. The van der Waals surface area contributed by atoms with Crippen LogP contribution in [0.15, 0.2) is 6.20 Å². The molecule has 1 rings (SSSR count). The number of nitrogens with one attached hydrogen (secondary N) is 3. The van der Waals surface area contributed by atoms with E-state index in [0.29, 0.717) is 5.56 Å². The molecule has 1 amide bonds. The second-order valence-electron chi connectivity index (χ2n) is 3.90. The molecule has 1 heterocycles. The van der Waals surface area contributed by atoms with Gasteiger partial charge in [-0.3, -0.25) is 5.10 Å². The normalized spacial score (nSPS) is 11.6. The molecule has 9 heteroatoms. The monoisotopic (exact) mass is 276 g/mol. The average molecular weight is 276 g/mol. The van der Waals surface area contributed by atoms with Gasteiger partial charge in [-0.1, -0.05) is 0 Å². The molecule has 0 spiro atoms. The Kier molecular flexibility index (Phi) is 4.68. The van der Waals surface area contributed by atoms with Gasteiger partial charge in [0.25, 0.3) is 0 Å². The Morgan fingerprint density at radius 3 is 2.72 bits per heavy atom. The number of rotatable bonds is 5. The topological polar surface area (TPSA) is 113 Å². The SMILES string of the molecule is Cc1[nH]ncc1CNS(=O)(=O)NC(=O)OC(C)C. The summed E-state index contributed by atoms with van der Waals surface area (Å²) in [7, 11) is -3.94. The molecule has 1 aromatic rings. The van der Waals surface area contributed by atoms with Gasteiger partial charge >= 0.3 is 16.3 Å². The van der Waals surface area contributed by atoms with Gasteiger partial charge in [-0.2, -0.15) is 18.2 Å². The lowest BCUT2D eigenvalue weighted by atomic mass is 10.3. The lowest BCUT2D eigenvalue weighted by Crippen LogP contribution is -2.40. The molecule has 0 bridgehead atoms. The summed E-state index contributed by atoms with van der Waals surface area (Å²) in [5, 5.41) is 6.43. The quantitative estimate of drug-likeness (QED) is 0.710. The molecular formula is C9H16N4O4S. The lowest BCUT2D eigenvalue weighted by Gasteiger charge is -2.10. The predicted molar refractivity (Wildman–Crippen MR) is 63.8 cm³/mol. The van der Waals surface area contributed by atoms with E-state index in [4.69, 9.17) is 0 Å². The highest BCUT2D eigenvalue weighted by Gasteiger charge is 2.16. The fourth-order valence-corrected chi connectivity index (χ4v) is 1.80. The molecule has 0 fully saturated rings. The first-order valence-corrected chi connectivity index (χ1v) is 6.75. The summed E-state index contributed by atoms with van der Waals surface area (Å²) in [6.07, 6.45) is 0.0994. The minimum atomic E-state index is -3.94. The molecule has 0 aliphatic carbocycles. The second-order valence-corrected chi connectivity index (χ2v) is 5.40. The third kappa shape index (κ3) is 4.72. The number of hydrogen-bond donors (Lipinski definition) is 3. The van der Waals surface area contributed by atoms with Crippen LogP contribution in [0, 0.1) is 6.92 Å². The van der Waals surface area contributed by atoms with E-state index in [1.54, 1.807) is 25.5 Å². The molecule has 8 nitrogen and oxygen atoms in total. The minimum Gasteiger partial charge on any atom is -0.446 e. The standard InChI is InChI=1S/C9H16N4O4S/c1-6(2)17-9(14)13-18(15,16)11-5-8-4-10-12-7(8)3/h4,6,11H,5H2,1-3H3,(H,10,12)(H,13,14). The van der Waals surface area contributed by atoms with E-state index < -0.39 is 22.4 Å². The molecule has 0 aromatic carbocycles. The van der Waals surface area contributed by atoms with Crippen LogP contribution in [0.1, 0.15) is 25.1 Å². The van der Waals surface area contributed by atoms with Crippen molar-refractivity contribution in [2.24, 2.45) is 0 Å². The molecule has 18 heavy (non-hydrogen) atoms. The summed E-state index contributed by atoms with van der Waals surface area (Å²) in [5.74, 6) is 0. The van der Waals surface area contributed by atoms with E-state index in [9.17, 15) is 13.2 Å². The summed E-state index contributed by atoms with van der Waals surface area (Å²) in [5.41, 5.74) is 1.44. The van der Waals surface area contributed by atoms with Crippen LogP contribution in [0.3, 0.4) is 0 Å². The van der Waals surface area contributed by atoms with Gasteiger partial charge in [0.05, 0.1) is 12.3 Å². The first-order chi connectivity index (χ1) is 8.30. The first kappa shape index (κ1) is 14.5. The fourth-order valence-electron chi connectivity index (χ4n) is 1.11. The highest BCUT2D eigenvalue weighted by molar-refractivity contribution is 7.88. The van der Waals surface area contributed by atoms with Crippen LogP contribution in [-0.4, -0.2) is 30.8 Å². The molecule has 0 unspecified atom stereocenters. The first-order valence-electron chi connectivity index (χ1n) is 5.27. The Morgan fingerprint density at radius 2 is 2.22 bits per heavy atom. The van der Waals surface area contributed by atoms with Crippen LogP contribution in [0.25, 0.3) is 0 Å². The maximum absolute atomic E-state index is 11.5. The third-order valence-corrected chi connectivity index (χ3v) is 2.91. The fraction of sp³-hybridized carbons (Fsp3) is 0.556. The van der Waals surface area contributed by atoms with Gasteiger partial charge in [-0.25, -0.2) is 9.52 Å². The van der Waals surface area contributed by atoms with Gasteiger partial charge in [-0.05, 0) is 20.8 Å². The maximum Gasteiger partial charge on any atom is 0.422 e. The van der Waals surface area contributed by atoms with Crippen molar-refractivity contribution in [3.05, 3.63) is 17.5 Å². The van der Waals surface area contributed by atoms with Gasteiger partial charge in [0.2, 0.25) is 0 Å². The van der Waals surface area contributed by atoms with Crippen molar-refractivity contribution in [2.75, 3.05) is 0 Å². The van der Waals surface area contributed by atoms with E-state index in [1.165, 1.54) is 6.20 Å². The van der Waals surface area contributed by atoms with Gasteiger partial charge < -0.3 is 4.74 Å². The highest BCUT2D eigenvalue weighted by atomic mass is 32.2. The van der Waals surface area contributed by atoms with E-state index in [0.717, 1.165) is 5.69 Å². The molecule has 1 aromatic heterocycles. The molecule has 0 aliphatic rings. The summed E-state index contributed by atoms with van der Waals surface area (Å²) < 4.78 is 31.6. The van der Waals surface area contributed by atoms with Crippen LogP contribution in [-0.2, 0) is 21.5 Å². The van der Waals surface area contributed by atoms with E-state index in [1.807, 2.05) is 0 Å². The number of hydrogen-bond acceptors (Lipinski definition) is 5. The number of amides is 1. The molecule has 102 valence electrons. The summed E-state index contributed by atoms with van der Waals surface area (Å²) in [4.78, 5) is 11.1. The summed E-state index contributed by atoms with van der Waals surface area (Å²) in [6.45, 7) is 5.03. The van der Waals surface area contributed by atoms with Crippen LogP contribution in [0.5, 0.6) is 0 Å². The van der Waals surface area contributed by atoms with E-state index in [2.05, 4.69) is 19.7 Å². The Morgan fingerprint density at radius 1 is 1.56 bits per heavy atom. The van der Waals surface area contributed by atoms with Crippen LogP contribution >= 0.6 is 0 Å². The number of carbonyl (C=O) groups excluding carboxylic acids is 1. The van der Waals surface area contributed by atoms with Gasteiger partial charge in [0.1, 0.15) is 0 Å². The van der Waals surface area contributed by atoms with Gasteiger partial charge in [-0.15, -0.1) is 0 Å². The van der Waals surface area contributed by atoms with Crippen molar-refractivity contribution in [2.45, 2.75) is 33.4 Å². The van der Waals surface area contributed by atoms with Crippen molar-refractivity contribution in [1.29, 1.82) is 0 Å². The Bertz CT molecular complexity index is 508. The number of aryl methyl sites for hydroxylation is 1. The molecule has 0 atom stereocenters. The minimum absolute atomic E-state index is 0.0344. The Balaban J connectivity index is 2.50. The van der Waals surface area contributed by atoms with Crippen molar-refractivity contribution in [3.63, 3.8) is 0 Å². The largest absolute Gasteiger partial charge is 0.446 e. The van der Waals surface area contributed by atoms with Crippen LogP contribution in [0.4, 0.5) is 4.79 Å². The number of H-pyrrole nitrogens is 1. The zero-order valence-corrected chi connectivity index (χ0v) is 11.2. The molecular weight excluding hydrogens is 260 g/mol. The van der Waals surface area contributed by atoms with Gasteiger partial charge in [0, 0.05) is 17.8 Å². The van der Waals surface area contributed by atoms with E-state index >= 15 is 0 Å². The van der Waals surface area contributed by atoms with Crippen molar-refractivity contribution < 1.29 is 17.9 Å². The number of aromatic amines is 1. The maximum atomic E-state index is 11.5. The van der Waals surface area contributed by atoms with Crippen molar-refractivity contribution in [3.8, 4) is 0 Å². The van der Waals surface area contributed by atoms with Crippen molar-refractivity contribution in [1.82, 2.24) is 19.6 Å². The molecule has 0 radical (unpaired) electrons. The van der Waals surface area contributed by atoms with Gasteiger partial charge in [0.15, 0.2) is 0 Å². The zero-order valence-electron chi connectivity index (χ0n) is 10.4. The molecule has 3 N–H and O–H groups in total. The predicted octanol–water partition coefficient (Wildman–Crippen LogP) is 0.187. The molecule has 0 aliphatic heterocycles. The molecule has 0 saturated heterocycles. The third-order valence-electron chi connectivity index (χ3n) is 1.95. The highest BCUT2D eigenvalue weighted by Crippen LogP contribution is 2.01. The van der Waals surface area contributed by atoms with E-state index in [-0.39, 0.29) is 6.54 Å². The van der Waals surface area contributed by atoms with Crippen LogP contribution in [0.2, 0.25) is 0 Å². The summed E-state index contributed by atoms with van der Waals surface area (Å²) in [6, 6.07) is 0. The zero-order chi connectivity index (χ0) is 13.8. The number of ether oxygens (including phenoxy) is 1.